The van der Waals surface area contributed by atoms with Gasteiger partial charge < -0.3 is 0 Å². The molecule has 0 bridgehead atoms. The monoisotopic (exact) mass is 226 g/mol. The van der Waals surface area contributed by atoms with E-state index in [9.17, 15) is 13.2 Å². The van der Waals surface area contributed by atoms with Crippen LogP contribution >= 0.6 is 23.4 Å². The number of alkyl halides is 1. The topological polar surface area (TPSA) is 51.2 Å². The number of thioether (sulfide) groups is 1. The molecule has 0 amide bonds. The van der Waals surface area contributed by atoms with Crippen LogP contribution in [0.15, 0.2) is 11.5 Å². The van der Waals surface area contributed by atoms with Crippen LogP contribution in [0, 0.1) is 0 Å². The maximum absolute atomic E-state index is 10.9. The molecule has 0 aromatic carbocycles. The summed E-state index contributed by atoms with van der Waals surface area (Å²) in [6, 6.07) is 0. The zero-order valence-electron chi connectivity index (χ0n) is 6.07. The third-order valence-electron chi connectivity index (χ3n) is 1.29. The smallest absolute Gasteiger partial charge is 0.204 e. The van der Waals surface area contributed by atoms with Crippen LogP contribution in [0.5, 0.6) is 0 Å². The quantitative estimate of drug-likeness (QED) is 0.654. The van der Waals surface area contributed by atoms with Gasteiger partial charge >= 0.3 is 0 Å². The van der Waals surface area contributed by atoms with Gasteiger partial charge in [-0.25, -0.2) is 8.42 Å². The van der Waals surface area contributed by atoms with Crippen molar-refractivity contribution < 1.29 is 13.2 Å². The summed E-state index contributed by atoms with van der Waals surface area (Å²) < 4.78 is 21.7. The summed E-state index contributed by atoms with van der Waals surface area (Å²) in [6.45, 7) is 0. The Bertz CT molecular complexity index is 307. The van der Waals surface area contributed by atoms with E-state index in [-0.39, 0.29) is 22.0 Å². The van der Waals surface area contributed by atoms with Gasteiger partial charge in [0.05, 0.1) is 11.6 Å². The van der Waals surface area contributed by atoms with Crippen LogP contribution < -0.4 is 0 Å². The summed E-state index contributed by atoms with van der Waals surface area (Å²) >= 11 is 6.23. The van der Waals surface area contributed by atoms with Crippen molar-refractivity contribution in [1.29, 1.82) is 0 Å². The molecule has 1 rings (SSSR count). The first-order valence-electron chi connectivity index (χ1n) is 3.20. The Morgan fingerprint density at radius 3 is 2.75 bits per heavy atom. The largest absolute Gasteiger partial charge is 0.286 e. The normalized spacial score (nSPS) is 25.9. The summed E-state index contributed by atoms with van der Waals surface area (Å²) in [5, 5.41) is 0.705. The van der Waals surface area contributed by atoms with Crippen LogP contribution in [0.25, 0.3) is 0 Å². The van der Waals surface area contributed by atoms with Gasteiger partial charge in [-0.2, -0.15) is 0 Å². The van der Waals surface area contributed by atoms with Crippen LogP contribution in [0.2, 0.25) is 0 Å². The zero-order valence-corrected chi connectivity index (χ0v) is 8.45. The molecule has 6 heteroatoms. The molecule has 0 saturated carbocycles. The summed E-state index contributed by atoms with van der Waals surface area (Å²) in [7, 11) is -3.05. The second kappa shape index (κ2) is 3.81. The van der Waals surface area contributed by atoms with Crippen molar-refractivity contribution in [3.63, 3.8) is 0 Å². The van der Waals surface area contributed by atoms with Gasteiger partial charge in [0.1, 0.15) is 0 Å². The van der Waals surface area contributed by atoms with Crippen LogP contribution in [-0.2, 0) is 14.6 Å². The highest BCUT2D eigenvalue weighted by atomic mass is 35.5. The lowest BCUT2D eigenvalue weighted by Gasteiger charge is -2.01. The molecule has 0 aliphatic carbocycles. The van der Waals surface area contributed by atoms with E-state index >= 15 is 0 Å². The van der Waals surface area contributed by atoms with E-state index in [2.05, 4.69) is 0 Å². The summed E-state index contributed by atoms with van der Waals surface area (Å²) in [5.74, 6) is -0.0602. The van der Waals surface area contributed by atoms with Gasteiger partial charge in [-0.3, -0.25) is 4.79 Å². The molecule has 0 aromatic heterocycles. The van der Waals surface area contributed by atoms with Crippen molar-refractivity contribution in [3.8, 4) is 0 Å². The number of carbonyl (C=O) groups excluding carboxylic acids is 1. The van der Waals surface area contributed by atoms with Gasteiger partial charge in [0.25, 0.3) is 0 Å². The molecule has 68 valence electrons. The lowest BCUT2D eigenvalue weighted by Crippen LogP contribution is -2.10. The van der Waals surface area contributed by atoms with Crippen LogP contribution in [-0.4, -0.2) is 30.4 Å². The third kappa shape index (κ3) is 2.80. The van der Waals surface area contributed by atoms with Crippen molar-refractivity contribution in [2.45, 2.75) is 5.25 Å². The van der Waals surface area contributed by atoms with Crippen LogP contribution in [0.3, 0.4) is 0 Å². The first-order chi connectivity index (χ1) is 5.53. The molecule has 0 radical (unpaired) electrons. The Labute approximate surface area is 80.1 Å². The minimum Gasteiger partial charge on any atom is -0.286 e. The molecular formula is C6H7ClO3S2. The number of carbonyl (C=O) groups is 1. The second-order valence-electron chi connectivity index (χ2n) is 2.32. The minimum absolute atomic E-state index is 0.0142. The van der Waals surface area contributed by atoms with Crippen molar-refractivity contribution in [3.05, 3.63) is 11.5 Å². The molecular weight excluding hydrogens is 220 g/mol. The zero-order chi connectivity index (χ0) is 9.19. The minimum atomic E-state index is -3.05. The highest BCUT2D eigenvalue weighted by molar-refractivity contribution is 8.15. The molecule has 1 aliphatic heterocycles. The van der Waals surface area contributed by atoms with E-state index in [1.165, 1.54) is 6.08 Å². The van der Waals surface area contributed by atoms with E-state index in [1.807, 2.05) is 0 Å². The van der Waals surface area contributed by atoms with Crippen molar-refractivity contribution in [1.82, 2.24) is 0 Å². The van der Waals surface area contributed by atoms with Gasteiger partial charge in [0.2, 0.25) is 5.12 Å². The van der Waals surface area contributed by atoms with Crippen LogP contribution in [0.1, 0.15) is 0 Å². The highest BCUT2D eigenvalue weighted by Gasteiger charge is 2.23. The Balaban J connectivity index is 2.51. The van der Waals surface area contributed by atoms with Gasteiger partial charge in [-0.05, 0) is 0 Å². The maximum Gasteiger partial charge on any atom is 0.204 e. The average molecular weight is 227 g/mol. The number of halogens is 1. The number of rotatable bonds is 2. The molecule has 1 atom stereocenters. The molecule has 1 aliphatic rings. The molecule has 0 N–H and O–H groups in total. The summed E-state index contributed by atoms with van der Waals surface area (Å²) in [6.07, 6.45) is 1.52. The summed E-state index contributed by atoms with van der Waals surface area (Å²) in [4.78, 5) is 10.8. The van der Waals surface area contributed by atoms with Gasteiger partial charge in [0.15, 0.2) is 9.84 Å². The predicted octanol–water partition coefficient (Wildman–Crippen LogP) is 0.796. The standard InChI is InChI=1S/C6H7ClO3S2/c7-3-6(8)11-5-1-2-12(9,10)4-5/h1-2,5H,3-4H2/t5-/m1/s1. The first-order valence-corrected chi connectivity index (χ1v) is 6.33. The molecule has 0 unspecified atom stereocenters. The fourth-order valence-corrected chi connectivity index (χ4v) is 3.62. The van der Waals surface area contributed by atoms with E-state index in [4.69, 9.17) is 11.6 Å². The molecule has 0 saturated heterocycles. The molecule has 12 heavy (non-hydrogen) atoms. The van der Waals surface area contributed by atoms with E-state index < -0.39 is 9.84 Å². The first kappa shape index (κ1) is 10.1. The number of hydrogen-bond acceptors (Lipinski definition) is 4. The van der Waals surface area contributed by atoms with Crippen molar-refractivity contribution in [2.24, 2.45) is 0 Å². The third-order valence-corrected chi connectivity index (χ3v) is 4.33. The highest BCUT2D eigenvalue weighted by Crippen LogP contribution is 2.22. The SMILES string of the molecule is O=C(CCl)S[C@@H]1C=CS(=O)(=O)C1. The summed E-state index contributed by atoms with van der Waals surface area (Å²) in [5.41, 5.74) is 0. The van der Waals surface area contributed by atoms with Gasteiger partial charge in [-0.1, -0.05) is 17.8 Å². The maximum atomic E-state index is 10.9. The lowest BCUT2D eigenvalue weighted by atomic mass is 10.5. The molecule has 0 fully saturated rings. The van der Waals surface area contributed by atoms with Crippen LogP contribution in [0.4, 0.5) is 0 Å². The van der Waals surface area contributed by atoms with Crippen molar-refractivity contribution >= 4 is 38.3 Å². The Kier molecular flexibility index (Phi) is 3.20. The molecule has 0 spiro atoms. The average Bonchev–Trinajstić information content (AvgIpc) is 2.30. The Morgan fingerprint density at radius 2 is 2.33 bits per heavy atom. The lowest BCUT2D eigenvalue weighted by molar-refractivity contribution is -0.108. The fraction of sp³-hybridized carbons (Fsp3) is 0.500. The van der Waals surface area contributed by atoms with E-state index in [0.717, 1.165) is 17.2 Å². The van der Waals surface area contributed by atoms with E-state index in [1.54, 1.807) is 0 Å². The van der Waals surface area contributed by atoms with E-state index in [0.29, 0.717) is 0 Å². The Morgan fingerprint density at radius 1 is 1.67 bits per heavy atom. The fourth-order valence-electron chi connectivity index (χ4n) is 0.821. The predicted molar refractivity (Wildman–Crippen MR) is 50.0 cm³/mol. The second-order valence-corrected chi connectivity index (χ2v) is 5.82. The molecule has 0 aromatic rings. The van der Waals surface area contributed by atoms with Gasteiger partial charge in [-0.15, -0.1) is 11.6 Å². The Hall–Kier alpha value is -0.000000000000000111. The number of sulfone groups is 1. The molecule has 1 heterocycles. The van der Waals surface area contributed by atoms with Gasteiger partial charge in [0, 0.05) is 10.7 Å². The van der Waals surface area contributed by atoms with Crippen molar-refractivity contribution in [2.75, 3.05) is 11.6 Å². The number of hydrogen-bond donors (Lipinski definition) is 0. The molecule has 3 nitrogen and oxygen atoms in total.